The molecule has 0 atom stereocenters. The summed E-state index contributed by atoms with van der Waals surface area (Å²) >= 11 is 9.47. The molecule has 0 radical (unpaired) electrons. The number of halogens is 2. The second-order valence-corrected chi connectivity index (χ2v) is 4.95. The van der Waals surface area contributed by atoms with E-state index >= 15 is 0 Å². The van der Waals surface area contributed by atoms with E-state index in [4.69, 9.17) is 16.3 Å². The molecule has 0 fully saturated rings. The summed E-state index contributed by atoms with van der Waals surface area (Å²) in [5.74, 6) is 0.809. The minimum atomic E-state index is 0.434. The summed E-state index contributed by atoms with van der Waals surface area (Å²) in [5, 5.41) is 0.621. The second kappa shape index (κ2) is 5.52. The Balaban J connectivity index is 2.10. The molecule has 2 rings (SSSR count). The zero-order valence-electron chi connectivity index (χ0n) is 9.28. The molecule has 17 heavy (non-hydrogen) atoms. The van der Waals surface area contributed by atoms with Gasteiger partial charge in [0.25, 0.3) is 0 Å². The molecule has 0 amide bonds. The molecule has 2 nitrogen and oxygen atoms in total. The molecule has 0 saturated heterocycles. The highest BCUT2D eigenvalue weighted by Crippen LogP contribution is 2.27. The maximum atomic E-state index is 6.00. The fourth-order valence-electron chi connectivity index (χ4n) is 1.40. The first-order valence-electron chi connectivity index (χ1n) is 5.14. The van der Waals surface area contributed by atoms with Gasteiger partial charge in [-0.15, -0.1) is 0 Å². The number of pyridine rings is 1. The van der Waals surface area contributed by atoms with Crippen LogP contribution in [0.2, 0.25) is 5.02 Å². The van der Waals surface area contributed by atoms with Crippen molar-refractivity contribution < 1.29 is 4.74 Å². The molecule has 0 aliphatic rings. The van der Waals surface area contributed by atoms with Crippen LogP contribution in [0.3, 0.4) is 0 Å². The summed E-state index contributed by atoms with van der Waals surface area (Å²) in [6.07, 6.45) is 3.32. The van der Waals surface area contributed by atoms with E-state index in [2.05, 4.69) is 20.9 Å². The monoisotopic (exact) mass is 311 g/mol. The van der Waals surface area contributed by atoms with Gasteiger partial charge in [0.1, 0.15) is 12.4 Å². The molecule has 0 spiro atoms. The van der Waals surface area contributed by atoms with Gasteiger partial charge in [-0.3, -0.25) is 4.98 Å². The van der Waals surface area contributed by atoms with Crippen LogP contribution in [0.1, 0.15) is 11.1 Å². The third-order valence-electron chi connectivity index (χ3n) is 2.33. The lowest BCUT2D eigenvalue weighted by atomic mass is 10.2. The summed E-state index contributed by atoms with van der Waals surface area (Å²) in [5.41, 5.74) is 2.11. The second-order valence-electron chi connectivity index (χ2n) is 3.69. The zero-order chi connectivity index (χ0) is 12.3. The summed E-state index contributed by atoms with van der Waals surface area (Å²) in [6.45, 7) is 2.47. The Bertz CT molecular complexity index is 531. The van der Waals surface area contributed by atoms with Crippen LogP contribution in [0.25, 0.3) is 0 Å². The first-order valence-corrected chi connectivity index (χ1v) is 6.31. The fraction of sp³-hybridized carbons (Fsp3) is 0.154. The lowest BCUT2D eigenvalue weighted by Crippen LogP contribution is -1.97. The molecule has 4 heteroatoms. The quantitative estimate of drug-likeness (QED) is 0.839. The average Bonchev–Trinajstić information content (AvgIpc) is 2.30. The zero-order valence-corrected chi connectivity index (χ0v) is 11.6. The normalized spacial score (nSPS) is 10.3. The van der Waals surface area contributed by atoms with E-state index in [-0.39, 0.29) is 0 Å². The van der Waals surface area contributed by atoms with Gasteiger partial charge in [0, 0.05) is 18.0 Å². The van der Waals surface area contributed by atoms with Gasteiger partial charge < -0.3 is 4.74 Å². The fourth-order valence-corrected chi connectivity index (χ4v) is 2.18. The largest absolute Gasteiger partial charge is 0.488 e. The molecule has 1 aromatic heterocycles. The highest BCUT2D eigenvalue weighted by atomic mass is 79.9. The molecule has 1 aromatic carbocycles. The first-order chi connectivity index (χ1) is 8.16. The van der Waals surface area contributed by atoms with Crippen molar-refractivity contribution in [1.29, 1.82) is 0 Å². The van der Waals surface area contributed by atoms with Crippen LogP contribution in [0.4, 0.5) is 0 Å². The van der Waals surface area contributed by atoms with Gasteiger partial charge >= 0.3 is 0 Å². The Kier molecular flexibility index (Phi) is 4.02. The Morgan fingerprint density at radius 3 is 2.88 bits per heavy atom. The molecular formula is C13H11BrClNO. The van der Waals surface area contributed by atoms with E-state index in [0.29, 0.717) is 11.6 Å². The van der Waals surface area contributed by atoms with Crippen LogP contribution in [-0.2, 0) is 6.61 Å². The van der Waals surface area contributed by atoms with Crippen molar-refractivity contribution in [2.45, 2.75) is 13.5 Å². The average molecular weight is 313 g/mol. The topological polar surface area (TPSA) is 22.1 Å². The molecule has 0 bridgehead atoms. The Hall–Kier alpha value is -1.06. The van der Waals surface area contributed by atoms with Gasteiger partial charge in [-0.2, -0.15) is 0 Å². The molecule has 0 unspecified atom stereocenters. The Morgan fingerprint density at radius 2 is 2.18 bits per heavy atom. The van der Waals surface area contributed by atoms with Crippen molar-refractivity contribution in [2.75, 3.05) is 0 Å². The van der Waals surface area contributed by atoms with E-state index < -0.39 is 0 Å². The van der Waals surface area contributed by atoms with Crippen LogP contribution in [0, 0.1) is 6.92 Å². The Morgan fingerprint density at radius 1 is 1.35 bits per heavy atom. The number of rotatable bonds is 3. The smallest absolute Gasteiger partial charge is 0.134 e. The van der Waals surface area contributed by atoms with Gasteiger partial charge in [-0.25, -0.2) is 0 Å². The lowest BCUT2D eigenvalue weighted by molar-refractivity contribution is 0.304. The summed E-state index contributed by atoms with van der Waals surface area (Å²) in [7, 11) is 0. The van der Waals surface area contributed by atoms with Gasteiger partial charge in [-0.1, -0.05) is 17.7 Å². The highest BCUT2D eigenvalue weighted by Gasteiger charge is 2.04. The van der Waals surface area contributed by atoms with Crippen LogP contribution in [0.15, 0.2) is 41.1 Å². The Labute approximate surface area is 114 Å². The van der Waals surface area contributed by atoms with Crippen molar-refractivity contribution >= 4 is 27.5 Å². The number of ether oxygens (including phenoxy) is 1. The molecule has 1 heterocycles. The van der Waals surface area contributed by atoms with Gasteiger partial charge in [-0.05, 0) is 46.6 Å². The predicted molar refractivity (Wildman–Crippen MR) is 72.5 cm³/mol. The van der Waals surface area contributed by atoms with E-state index in [0.717, 1.165) is 15.8 Å². The van der Waals surface area contributed by atoms with Crippen molar-refractivity contribution in [1.82, 2.24) is 4.98 Å². The van der Waals surface area contributed by atoms with Crippen LogP contribution < -0.4 is 4.74 Å². The number of hydrogen-bond donors (Lipinski definition) is 0. The van der Waals surface area contributed by atoms with Crippen molar-refractivity contribution in [2.24, 2.45) is 0 Å². The summed E-state index contributed by atoms with van der Waals surface area (Å²) in [6, 6.07) is 7.82. The lowest BCUT2D eigenvalue weighted by Gasteiger charge is -2.09. The SMILES string of the molecule is Cc1ccc(OCc2ccncc2Cl)c(Br)c1. The van der Waals surface area contributed by atoms with E-state index in [1.807, 2.05) is 31.2 Å². The highest BCUT2D eigenvalue weighted by molar-refractivity contribution is 9.10. The molecule has 2 aromatic rings. The molecular weight excluding hydrogens is 302 g/mol. The van der Waals surface area contributed by atoms with Gasteiger partial charge in [0.05, 0.1) is 9.50 Å². The predicted octanol–water partition coefficient (Wildman–Crippen LogP) is 4.38. The minimum absolute atomic E-state index is 0.434. The molecule has 0 aliphatic carbocycles. The number of benzene rings is 1. The third-order valence-corrected chi connectivity index (χ3v) is 3.29. The standard InChI is InChI=1S/C13H11BrClNO/c1-9-2-3-13(11(14)6-9)17-8-10-4-5-16-7-12(10)15/h2-7H,8H2,1H3. The van der Waals surface area contributed by atoms with Crippen molar-refractivity contribution in [3.8, 4) is 5.75 Å². The molecule has 88 valence electrons. The first kappa shape index (κ1) is 12.4. The summed E-state index contributed by atoms with van der Waals surface area (Å²) in [4.78, 5) is 3.93. The van der Waals surface area contributed by atoms with Crippen molar-refractivity contribution in [3.05, 3.63) is 57.3 Å². The van der Waals surface area contributed by atoms with Crippen LogP contribution in [0.5, 0.6) is 5.75 Å². The summed E-state index contributed by atoms with van der Waals surface area (Å²) < 4.78 is 6.65. The minimum Gasteiger partial charge on any atom is -0.488 e. The van der Waals surface area contributed by atoms with E-state index in [1.54, 1.807) is 12.4 Å². The number of aryl methyl sites for hydroxylation is 1. The number of aromatic nitrogens is 1. The number of hydrogen-bond acceptors (Lipinski definition) is 2. The van der Waals surface area contributed by atoms with E-state index in [9.17, 15) is 0 Å². The van der Waals surface area contributed by atoms with Crippen LogP contribution in [-0.4, -0.2) is 4.98 Å². The van der Waals surface area contributed by atoms with Gasteiger partial charge in [0.15, 0.2) is 0 Å². The van der Waals surface area contributed by atoms with Crippen LogP contribution >= 0.6 is 27.5 Å². The number of nitrogens with zero attached hydrogens (tertiary/aromatic N) is 1. The third kappa shape index (κ3) is 3.20. The molecule has 0 saturated carbocycles. The molecule has 0 aliphatic heterocycles. The maximum absolute atomic E-state index is 6.00. The van der Waals surface area contributed by atoms with E-state index in [1.165, 1.54) is 5.56 Å². The maximum Gasteiger partial charge on any atom is 0.134 e. The van der Waals surface area contributed by atoms with Crippen molar-refractivity contribution in [3.63, 3.8) is 0 Å². The molecule has 0 N–H and O–H groups in total. The van der Waals surface area contributed by atoms with Gasteiger partial charge in [0.2, 0.25) is 0 Å².